The van der Waals surface area contributed by atoms with E-state index in [1.165, 1.54) is 0 Å². The minimum Gasteiger partial charge on any atom is -0.436 e. The van der Waals surface area contributed by atoms with Crippen molar-refractivity contribution >= 4 is 29.0 Å². The van der Waals surface area contributed by atoms with Crippen LogP contribution in [-0.2, 0) is 15.1 Å². The van der Waals surface area contributed by atoms with Gasteiger partial charge < -0.3 is 13.9 Å². The summed E-state index contributed by atoms with van der Waals surface area (Å²) in [6, 6.07) is 13.0. The van der Waals surface area contributed by atoms with E-state index in [1.807, 2.05) is 37.3 Å². The SMILES string of the molecule is CC1(c2cccc(-c3nc4ccc(Cl)cc4o3)c2)COCC(C=O)N1. The molecule has 1 aliphatic rings. The van der Waals surface area contributed by atoms with Gasteiger partial charge in [0.1, 0.15) is 11.8 Å². The molecule has 5 nitrogen and oxygen atoms in total. The number of fused-ring (bicyclic) bond motifs is 1. The van der Waals surface area contributed by atoms with E-state index in [-0.39, 0.29) is 6.04 Å². The number of aromatic nitrogens is 1. The fourth-order valence-electron chi connectivity index (χ4n) is 3.14. The summed E-state index contributed by atoms with van der Waals surface area (Å²) < 4.78 is 11.5. The lowest BCUT2D eigenvalue weighted by molar-refractivity contribution is -0.114. The van der Waals surface area contributed by atoms with Gasteiger partial charge in [-0.15, -0.1) is 0 Å². The van der Waals surface area contributed by atoms with Gasteiger partial charge in [0, 0.05) is 16.7 Å². The number of carbonyl (C=O) groups excluding carboxylic acids is 1. The van der Waals surface area contributed by atoms with Gasteiger partial charge in [0.05, 0.1) is 24.8 Å². The highest BCUT2D eigenvalue weighted by Gasteiger charge is 2.34. The van der Waals surface area contributed by atoms with E-state index in [4.69, 9.17) is 20.8 Å². The van der Waals surface area contributed by atoms with Crippen molar-refractivity contribution in [3.05, 3.63) is 53.1 Å². The molecule has 0 saturated carbocycles. The number of carbonyl (C=O) groups is 1. The van der Waals surface area contributed by atoms with Gasteiger partial charge >= 0.3 is 0 Å². The lowest BCUT2D eigenvalue weighted by Gasteiger charge is -2.38. The van der Waals surface area contributed by atoms with Crippen molar-refractivity contribution in [3.8, 4) is 11.5 Å². The van der Waals surface area contributed by atoms with Crippen molar-refractivity contribution in [2.24, 2.45) is 0 Å². The number of morpholine rings is 1. The van der Waals surface area contributed by atoms with Gasteiger partial charge in [0.2, 0.25) is 5.89 Å². The molecular formula is C19H17ClN2O3. The zero-order valence-electron chi connectivity index (χ0n) is 13.7. The van der Waals surface area contributed by atoms with Crippen molar-refractivity contribution in [1.29, 1.82) is 0 Å². The Kier molecular flexibility index (Phi) is 4.07. The van der Waals surface area contributed by atoms with Crippen LogP contribution < -0.4 is 5.32 Å². The average molecular weight is 357 g/mol. The van der Waals surface area contributed by atoms with Crippen LogP contribution in [0.4, 0.5) is 0 Å². The molecule has 0 spiro atoms. The van der Waals surface area contributed by atoms with E-state index in [9.17, 15) is 4.79 Å². The molecule has 1 aromatic heterocycles. The largest absolute Gasteiger partial charge is 0.436 e. The summed E-state index contributed by atoms with van der Waals surface area (Å²) >= 11 is 6.01. The summed E-state index contributed by atoms with van der Waals surface area (Å²) in [6.07, 6.45) is 0.881. The van der Waals surface area contributed by atoms with Crippen LogP contribution in [0, 0.1) is 0 Å². The number of nitrogens with one attached hydrogen (secondary N) is 1. The number of benzene rings is 2. The Balaban J connectivity index is 1.72. The fraction of sp³-hybridized carbons (Fsp3) is 0.263. The monoisotopic (exact) mass is 356 g/mol. The average Bonchev–Trinajstić information content (AvgIpc) is 3.05. The van der Waals surface area contributed by atoms with E-state index < -0.39 is 5.54 Å². The number of rotatable bonds is 3. The standard InChI is InChI=1S/C19H17ClN2O3/c1-19(11-24-10-15(9-23)22-19)13-4-2-3-12(7-13)18-21-16-6-5-14(20)8-17(16)25-18/h2-9,15,22H,10-11H2,1H3. The molecule has 0 aliphatic carbocycles. The summed E-state index contributed by atoms with van der Waals surface area (Å²) in [5.41, 5.74) is 2.84. The number of hydrogen-bond acceptors (Lipinski definition) is 5. The van der Waals surface area contributed by atoms with E-state index in [2.05, 4.69) is 10.3 Å². The molecule has 2 atom stereocenters. The van der Waals surface area contributed by atoms with Crippen LogP contribution in [0.25, 0.3) is 22.6 Å². The Morgan fingerprint density at radius 1 is 1.32 bits per heavy atom. The molecule has 1 saturated heterocycles. The Hall–Kier alpha value is -2.21. The Bertz CT molecular complexity index is 939. The predicted molar refractivity (Wildman–Crippen MR) is 95.6 cm³/mol. The van der Waals surface area contributed by atoms with Crippen molar-refractivity contribution in [1.82, 2.24) is 10.3 Å². The zero-order chi connectivity index (χ0) is 17.4. The topological polar surface area (TPSA) is 64.4 Å². The first kappa shape index (κ1) is 16.3. The zero-order valence-corrected chi connectivity index (χ0v) is 14.4. The normalized spacial score (nSPS) is 23.7. The molecule has 128 valence electrons. The number of halogens is 1. The van der Waals surface area contributed by atoms with Crippen molar-refractivity contribution in [2.45, 2.75) is 18.5 Å². The number of aldehydes is 1. The van der Waals surface area contributed by atoms with Crippen molar-refractivity contribution in [3.63, 3.8) is 0 Å². The molecule has 3 aromatic rings. The van der Waals surface area contributed by atoms with Gasteiger partial charge in [-0.05, 0) is 36.8 Å². The first-order valence-electron chi connectivity index (χ1n) is 8.05. The molecule has 25 heavy (non-hydrogen) atoms. The quantitative estimate of drug-likeness (QED) is 0.727. The van der Waals surface area contributed by atoms with Gasteiger partial charge in [0.15, 0.2) is 5.58 Å². The third kappa shape index (κ3) is 3.06. The smallest absolute Gasteiger partial charge is 0.227 e. The van der Waals surface area contributed by atoms with E-state index in [1.54, 1.807) is 12.1 Å². The Labute approximate surface area is 149 Å². The molecule has 2 heterocycles. The summed E-state index contributed by atoms with van der Waals surface area (Å²) in [4.78, 5) is 15.6. The van der Waals surface area contributed by atoms with E-state index in [0.29, 0.717) is 29.7 Å². The Morgan fingerprint density at radius 2 is 2.20 bits per heavy atom. The number of hydrogen-bond donors (Lipinski definition) is 1. The Morgan fingerprint density at radius 3 is 3.04 bits per heavy atom. The van der Waals surface area contributed by atoms with Gasteiger partial charge in [-0.2, -0.15) is 0 Å². The highest BCUT2D eigenvalue weighted by atomic mass is 35.5. The first-order chi connectivity index (χ1) is 12.1. The molecule has 1 N–H and O–H groups in total. The molecule has 4 rings (SSSR count). The minimum absolute atomic E-state index is 0.311. The summed E-state index contributed by atoms with van der Waals surface area (Å²) in [5.74, 6) is 0.534. The number of nitrogens with zero attached hydrogens (tertiary/aromatic N) is 1. The molecule has 0 radical (unpaired) electrons. The highest BCUT2D eigenvalue weighted by Crippen LogP contribution is 2.30. The lowest BCUT2D eigenvalue weighted by atomic mass is 9.89. The summed E-state index contributed by atoms with van der Waals surface area (Å²) in [5, 5.41) is 3.96. The van der Waals surface area contributed by atoms with Crippen LogP contribution >= 0.6 is 11.6 Å². The van der Waals surface area contributed by atoms with Crippen LogP contribution in [0.1, 0.15) is 12.5 Å². The van der Waals surface area contributed by atoms with Crippen molar-refractivity contribution in [2.75, 3.05) is 13.2 Å². The molecule has 1 fully saturated rings. The van der Waals surface area contributed by atoms with Gasteiger partial charge in [-0.3, -0.25) is 5.32 Å². The van der Waals surface area contributed by atoms with Gasteiger partial charge in [-0.25, -0.2) is 4.98 Å². The molecular weight excluding hydrogens is 340 g/mol. The third-order valence-corrected chi connectivity index (χ3v) is 4.69. The second-order valence-corrected chi connectivity index (χ2v) is 6.88. The van der Waals surface area contributed by atoms with Crippen LogP contribution in [-0.4, -0.2) is 30.5 Å². The third-order valence-electron chi connectivity index (χ3n) is 4.45. The second kappa shape index (κ2) is 6.26. The molecule has 0 bridgehead atoms. The van der Waals surface area contributed by atoms with Crippen LogP contribution in [0.3, 0.4) is 0 Å². The van der Waals surface area contributed by atoms with Gasteiger partial charge in [-0.1, -0.05) is 23.7 Å². The molecule has 1 aliphatic heterocycles. The molecule has 2 aromatic carbocycles. The fourth-order valence-corrected chi connectivity index (χ4v) is 3.30. The van der Waals surface area contributed by atoms with E-state index in [0.717, 1.165) is 22.9 Å². The maximum Gasteiger partial charge on any atom is 0.227 e. The van der Waals surface area contributed by atoms with Crippen LogP contribution in [0.15, 0.2) is 46.9 Å². The second-order valence-electron chi connectivity index (χ2n) is 6.45. The van der Waals surface area contributed by atoms with Crippen LogP contribution in [0.2, 0.25) is 5.02 Å². The molecule has 6 heteroatoms. The van der Waals surface area contributed by atoms with E-state index >= 15 is 0 Å². The van der Waals surface area contributed by atoms with Crippen LogP contribution in [0.5, 0.6) is 0 Å². The van der Waals surface area contributed by atoms with Gasteiger partial charge in [0.25, 0.3) is 0 Å². The summed E-state index contributed by atoms with van der Waals surface area (Å²) in [7, 11) is 0. The number of oxazole rings is 1. The van der Waals surface area contributed by atoms with Crippen molar-refractivity contribution < 1.29 is 13.9 Å². The lowest BCUT2D eigenvalue weighted by Crippen LogP contribution is -2.55. The maximum absolute atomic E-state index is 11.1. The first-order valence-corrected chi connectivity index (χ1v) is 8.43. The minimum atomic E-state index is -0.449. The molecule has 2 unspecified atom stereocenters. The summed E-state index contributed by atoms with van der Waals surface area (Å²) in [6.45, 7) is 2.91. The number of ether oxygens (including phenoxy) is 1. The maximum atomic E-state index is 11.1. The molecule has 0 amide bonds. The highest BCUT2D eigenvalue weighted by molar-refractivity contribution is 6.31. The predicted octanol–water partition coefficient (Wildman–Crippen LogP) is 3.55.